The van der Waals surface area contributed by atoms with Crippen LogP contribution >= 0.6 is 0 Å². The van der Waals surface area contributed by atoms with E-state index in [0.717, 1.165) is 5.92 Å². The minimum atomic E-state index is 0.545. The van der Waals surface area contributed by atoms with Crippen molar-refractivity contribution in [3.8, 4) is 0 Å². The highest BCUT2D eigenvalue weighted by molar-refractivity contribution is 5.25. The Morgan fingerprint density at radius 1 is 1.06 bits per heavy atom. The number of aryl methyl sites for hydroxylation is 1. The molecule has 1 aromatic carbocycles. The minimum absolute atomic E-state index is 0.545. The Labute approximate surface area is 110 Å². The first-order chi connectivity index (χ1) is 8.83. The van der Waals surface area contributed by atoms with Gasteiger partial charge in [0, 0.05) is 19.1 Å². The van der Waals surface area contributed by atoms with Crippen LogP contribution in [0.4, 0.5) is 0 Å². The van der Waals surface area contributed by atoms with E-state index in [2.05, 4.69) is 41.6 Å². The molecule has 1 unspecified atom stereocenters. The summed E-state index contributed by atoms with van der Waals surface area (Å²) in [5.74, 6) is 0.856. The van der Waals surface area contributed by atoms with Gasteiger partial charge in [0.2, 0.25) is 0 Å². The normalized spacial score (nSPS) is 22.9. The number of hydrogen-bond acceptors (Lipinski definition) is 2. The van der Waals surface area contributed by atoms with Gasteiger partial charge in [-0.25, -0.2) is 10.4 Å². The molecule has 2 aliphatic rings. The Morgan fingerprint density at radius 3 is 2.33 bits per heavy atom. The first-order valence-electron chi connectivity index (χ1n) is 7.40. The van der Waals surface area contributed by atoms with E-state index in [4.69, 9.17) is 0 Å². The van der Waals surface area contributed by atoms with Gasteiger partial charge in [-0.2, -0.15) is 0 Å². The average molecular weight is 244 g/mol. The molecule has 1 aliphatic carbocycles. The molecule has 2 nitrogen and oxygen atoms in total. The molecule has 0 bridgehead atoms. The van der Waals surface area contributed by atoms with Crippen LogP contribution in [0.3, 0.4) is 0 Å². The summed E-state index contributed by atoms with van der Waals surface area (Å²) in [5, 5.41) is 2.45. The topological polar surface area (TPSA) is 15.3 Å². The monoisotopic (exact) mass is 244 g/mol. The molecule has 0 aromatic heterocycles. The summed E-state index contributed by atoms with van der Waals surface area (Å²) < 4.78 is 0. The summed E-state index contributed by atoms with van der Waals surface area (Å²) in [5.41, 5.74) is 6.61. The molecule has 1 atom stereocenters. The lowest BCUT2D eigenvalue weighted by atomic mass is 10.0. The molecule has 2 heteroatoms. The fourth-order valence-electron chi connectivity index (χ4n) is 2.88. The highest BCUT2D eigenvalue weighted by Crippen LogP contribution is 2.41. The standard InChI is InChI=1S/C16H24N2/c1-13-5-7-14(8-6-13)16(15-9-10-15)17-18-11-3-2-4-12-18/h5-8,15-17H,2-4,9-12H2,1H3. The molecule has 1 aromatic rings. The molecule has 1 saturated heterocycles. The van der Waals surface area contributed by atoms with E-state index >= 15 is 0 Å². The number of nitrogens with zero attached hydrogens (tertiary/aromatic N) is 1. The third-order valence-corrected chi connectivity index (χ3v) is 4.21. The summed E-state index contributed by atoms with van der Waals surface area (Å²) in [6.07, 6.45) is 6.87. The number of hydrogen-bond donors (Lipinski definition) is 1. The molecule has 0 spiro atoms. The van der Waals surface area contributed by atoms with Crippen molar-refractivity contribution in [1.29, 1.82) is 0 Å². The largest absolute Gasteiger partial charge is 0.247 e. The van der Waals surface area contributed by atoms with Crippen LogP contribution in [0.25, 0.3) is 0 Å². The highest BCUT2D eigenvalue weighted by Gasteiger charge is 2.33. The molecule has 3 rings (SSSR count). The van der Waals surface area contributed by atoms with E-state index in [0.29, 0.717) is 6.04 Å². The number of benzene rings is 1. The van der Waals surface area contributed by atoms with E-state index in [1.165, 1.54) is 56.3 Å². The second-order valence-electron chi connectivity index (χ2n) is 5.90. The fourth-order valence-corrected chi connectivity index (χ4v) is 2.88. The zero-order valence-corrected chi connectivity index (χ0v) is 11.4. The Kier molecular flexibility index (Phi) is 3.67. The highest BCUT2D eigenvalue weighted by atomic mass is 15.5. The van der Waals surface area contributed by atoms with Crippen LogP contribution in [0.1, 0.15) is 49.3 Å². The zero-order valence-electron chi connectivity index (χ0n) is 11.4. The van der Waals surface area contributed by atoms with Crippen LogP contribution < -0.4 is 5.43 Å². The van der Waals surface area contributed by atoms with E-state index in [1.807, 2.05) is 0 Å². The van der Waals surface area contributed by atoms with E-state index < -0.39 is 0 Å². The molecule has 0 amide bonds. The number of hydrazine groups is 1. The maximum atomic E-state index is 3.79. The smallest absolute Gasteiger partial charge is 0.0492 e. The van der Waals surface area contributed by atoms with Gasteiger partial charge in [0.1, 0.15) is 0 Å². The van der Waals surface area contributed by atoms with Crippen molar-refractivity contribution in [2.45, 2.75) is 45.1 Å². The molecule has 1 N–H and O–H groups in total. The first kappa shape index (κ1) is 12.2. The van der Waals surface area contributed by atoms with Gasteiger partial charge in [-0.1, -0.05) is 36.2 Å². The van der Waals surface area contributed by atoms with E-state index in [-0.39, 0.29) is 0 Å². The van der Waals surface area contributed by atoms with Crippen molar-refractivity contribution >= 4 is 0 Å². The maximum Gasteiger partial charge on any atom is 0.0492 e. The van der Waals surface area contributed by atoms with Crippen LogP contribution in [-0.4, -0.2) is 18.1 Å². The Morgan fingerprint density at radius 2 is 1.72 bits per heavy atom. The second kappa shape index (κ2) is 5.41. The maximum absolute atomic E-state index is 3.79. The van der Waals surface area contributed by atoms with Crippen LogP contribution in [0, 0.1) is 12.8 Å². The van der Waals surface area contributed by atoms with Crippen LogP contribution in [0.2, 0.25) is 0 Å². The van der Waals surface area contributed by atoms with Crippen LogP contribution in [0.5, 0.6) is 0 Å². The van der Waals surface area contributed by atoms with Crippen molar-refractivity contribution < 1.29 is 0 Å². The fraction of sp³-hybridized carbons (Fsp3) is 0.625. The molecule has 1 aliphatic heterocycles. The predicted octanol–water partition coefficient (Wildman–Crippen LogP) is 3.44. The quantitative estimate of drug-likeness (QED) is 0.873. The van der Waals surface area contributed by atoms with Crippen molar-refractivity contribution in [3.05, 3.63) is 35.4 Å². The second-order valence-corrected chi connectivity index (χ2v) is 5.90. The summed E-state index contributed by atoms with van der Waals surface area (Å²) in [4.78, 5) is 0. The van der Waals surface area contributed by atoms with Crippen LogP contribution in [0.15, 0.2) is 24.3 Å². The number of piperidine rings is 1. The van der Waals surface area contributed by atoms with E-state index in [1.54, 1.807) is 0 Å². The lowest BCUT2D eigenvalue weighted by molar-refractivity contribution is 0.121. The average Bonchev–Trinajstić information content (AvgIpc) is 3.23. The number of nitrogens with one attached hydrogen (secondary N) is 1. The zero-order chi connectivity index (χ0) is 12.4. The van der Waals surface area contributed by atoms with Gasteiger partial charge in [0.05, 0.1) is 0 Å². The van der Waals surface area contributed by atoms with Gasteiger partial charge >= 0.3 is 0 Å². The van der Waals surface area contributed by atoms with Gasteiger partial charge in [0.15, 0.2) is 0 Å². The molecular formula is C16H24N2. The minimum Gasteiger partial charge on any atom is -0.247 e. The predicted molar refractivity (Wildman–Crippen MR) is 75.2 cm³/mol. The lowest BCUT2D eigenvalue weighted by Gasteiger charge is -2.32. The van der Waals surface area contributed by atoms with E-state index in [9.17, 15) is 0 Å². The third-order valence-electron chi connectivity index (χ3n) is 4.21. The Bertz CT molecular complexity index is 375. The van der Waals surface area contributed by atoms with Gasteiger partial charge in [0.25, 0.3) is 0 Å². The van der Waals surface area contributed by atoms with Gasteiger partial charge in [-0.3, -0.25) is 0 Å². The summed E-state index contributed by atoms with van der Waals surface area (Å²) in [6, 6.07) is 9.62. The van der Waals surface area contributed by atoms with Crippen molar-refractivity contribution in [2.24, 2.45) is 5.92 Å². The number of rotatable bonds is 4. The van der Waals surface area contributed by atoms with Gasteiger partial charge < -0.3 is 0 Å². The van der Waals surface area contributed by atoms with Crippen molar-refractivity contribution in [1.82, 2.24) is 10.4 Å². The lowest BCUT2D eigenvalue weighted by Crippen LogP contribution is -2.44. The summed E-state index contributed by atoms with van der Waals surface area (Å²) in [6.45, 7) is 4.60. The Hall–Kier alpha value is -0.860. The molecule has 18 heavy (non-hydrogen) atoms. The molecular weight excluding hydrogens is 220 g/mol. The first-order valence-corrected chi connectivity index (χ1v) is 7.40. The van der Waals surface area contributed by atoms with Gasteiger partial charge in [-0.15, -0.1) is 0 Å². The van der Waals surface area contributed by atoms with Crippen molar-refractivity contribution in [3.63, 3.8) is 0 Å². The van der Waals surface area contributed by atoms with Crippen molar-refractivity contribution in [2.75, 3.05) is 13.1 Å². The Balaban J connectivity index is 1.69. The molecule has 98 valence electrons. The van der Waals surface area contributed by atoms with Gasteiger partial charge in [-0.05, 0) is 44.1 Å². The SMILES string of the molecule is Cc1ccc(C(NN2CCCCC2)C2CC2)cc1. The summed E-state index contributed by atoms with van der Waals surface area (Å²) in [7, 11) is 0. The molecule has 0 radical (unpaired) electrons. The molecule has 2 fully saturated rings. The third kappa shape index (κ3) is 2.93. The van der Waals surface area contributed by atoms with Crippen LogP contribution in [-0.2, 0) is 0 Å². The summed E-state index contributed by atoms with van der Waals surface area (Å²) >= 11 is 0. The molecule has 1 heterocycles. The molecule has 1 saturated carbocycles.